The molecule has 0 radical (unpaired) electrons. The summed E-state index contributed by atoms with van der Waals surface area (Å²) in [5.41, 5.74) is 0. The molecule has 2 aliphatic heterocycles. The summed E-state index contributed by atoms with van der Waals surface area (Å²) in [6, 6.07) is 2.56. The van der Waals surface area contributed by atoms with E-state index in [1.165, 1.54) is 64.5 Å². The van der Waals surface area contributed by atoms with Crippen molar-refractivity contribution in [3.8, 4) is 0 Å². The maximum Gasteiger partial charge on any atom is 0.0201 e. The summed E-state index contributed by atoms with van der Waals surface area (Å²) in [7, 11) is 0. The van der Waals surface area contributed by atoms with Crippen LogP contribution in [-0.4, -0.2) is 36.1 Å². The predicted molar refractivity (Wildman–Crippen MR) is 72.2 cm³/mol. The van der Waals surface area contributed by atoms with E-state index in [1.54, 1.807) is 0 Å². The minimum atomic E-state index is 0.801. The molecule has 3 rings (SSSR count). The highest BCUT2D eigenvalue weighted by molar-refractivity contribution is 4.95. The van der Waals surface area contributed by atoms with Gasteiger partial charge in [-0.1, -0.05) is 19.8 Å². The van der Waals surface area contributed by atoms with Crippen LogP contribution < -0.4 is 5.32 Å². The molecule has 2 heterocycles. The monoisotopic (exact) mass is 236 g/mol. The van der Waals surface area contributed by atoms with E-state index in [9.17, 15) is 0 Å². The van der Waals surface area contributed by atoms with Crippen LogP contribution in [0, 0.1) is 5.92 Å². The summed E-state index contributed by atoms with van der Waals surface area (Å²) in [5.74, 6) is 1.01. The largest absolute Gasteiger partial charge is 0.310 e. The van der Waals surface area contributed by atoms with Crippen LogP contribution in [0.5, 0.6) is 0 Å². The summed E-state index contributed by atoms with van der Waals surface area (Å²) in [6.07, 6.45) is 11.5. The van der Waals surface area contributed by atoms with Gasteiger partial charge in [0.15, 0.2) is 0 Å². The van der Waals surface area contributed by atoms with E-state index >= 15 is 0 Å². The van der Waals surface area contributed by atoms with Crippen LogP contribution in [-0.2, 0) is 0 Å². The van der Waals surface area contributed by atoms with Gasteiger partial charge in [-0.05, 0) is 51.0 Å². The lowest BCUT2D eigenvalue weighted by molar-refractivity contribution is 0.224. The highest BCUT2D eigenvalue weighted by atomic mass is 15.2. The molecule has 3 fully saturated rings. The molecule has 98 valence electrons. The van der Waals surface area contributed by atoms with Crippen LogP contribution in [0.3, 0.4) is 0 Å². The summed E-state index contributed by atoms with van der Waals surface area (Å²) in [4.78, 5) is 2.76. The standard InChI is InChI=1S/C15H28N2/c1-2-14-7-5-9-17(14)11-13-10-12-6-3-4-8-15(12)16-13/h12-16H,2-11H2,1H3. The molecular formula is C15H28N2. The third kappa shape index (κ3) is 2.53. The normalized spacial score (nSPS) is 42.9. The molecule has 4 unspecified atom stereocenters. The zero-order valence-corrected chi connectivity index (χ0v) is 11.3. The van der Waals surface area contributed by atoms with Gasteiger partial charge in [0.2, 0.25) is 0 Å². The number of hydrogen-bond acceptors (Lipinski definition) is 2. The third-order valence-corrected chi connectivity index (χ3v) is 5.37. The van der Waals surface area contributed by atoms with E-state index in [2.05, 4.69) is 17.1 Å². The molecule has 2 heteroatoms. The van der Waals surface area contributed by atoms with Gasteiger partial charge in [0.05, 0.1) is 0 Å². The number of nitrogens with one attached hydrogen (secondary N) is 1. The van der Waals surface area contributed by atoms with Gasteiger partial charge in [0, 0.05) is 24.7 Å². The minimum Gasteiger partial charge on any atom is -0.310 e. The zero-order valence-electron chi connectivity index (χ0n) is 11.3. The zero-order chi connectivity index (χ0) is 11.7. The Labute approximate surface area is 106 Å². The summed E-state index contributed by atoms with van der Waals surface area (Å²) >= 11 is 0. The van der Waals surface area contributed by atoms with Crippen molar-refractivity contribution in [3.05, 3.63) is 0 Å². The van der Waals surface area contributed by atoms with Crippen LogP contribution in [0.4, 0.5) is 0 Å². The molecule has 0 bridgehead atoms. The van der Waals surface area contributed by atoms with Crippen molar-refractivity contribution in [1.82, 2.24) is 10.2 Å². The molecule has 1 aliphatic carbocycles. The number of rotatable bonds is 3. The van der Waals surface area contributed by atoms with Gasteiger partial charge in [-0.15, -0.1) is 0 Å². The maximum absolute atomic E-state index is 3.92. The van der Waals surface area contributed by atoms with Crippen LogP contribution in [0.15, 0.2) is 0 Å². The topological polar surface area (TPSA) is 15.3 Å². The summed E-state index contributed by atoms with van der Waals surface area (Å²) < 4.78 is 0. The van der Waals surface area contributed by atoms with Gasteiger partial charge in [0.1, 0.15) is 0 Å². The van der Waals surface area contributed by atoms with Crippen LogP contribution in [0.25, 0.3) is 0 Å². The maximum atomic E-state index is 3.92. The lowest BCUT2D eigenvalue weighted by Crippen LogP contribution is -2.42. The average Bonchev–Trinajstić information content (AvgIpc) is 2.94. The van der Waals surface area contributed by atoms with E-state index < -0.39 is 0 Å². The van der Waals surface area contributed by atoms with E-state index in [0.29, 0.717) is 0 Å². The van der Waals surface area contributed by atoms with E-state index in [1.807, 2.05) is 0 Å². The number of likely N-dealkylation sites (tertiary alicyclic amines) is 1. The first-order valence-corrected chi connectivity index (χ1v) is 7.87. The Morgan fingerprint density at radius 1 is 1.12 bits per heavy atom. The fourth-order valence-electron chi connectivity index (χ4n) is 4.45. The van der Waals surface area contributed by atoms with Gasteiger partial charge in [-0.2, -0.15) is 0 Å². The third-order valence-electron chi connectivity index (χ3n) is 5.37. The van der Waals surface area contributed by atoms with Crippen molar-refractivity contribution in [1.29, 1.82) is 0 Å². The van der Waals surface area contributed by atoms with Crippen LogP contribution in [0.2, 0.25) is 0 Å². The minimum absolute atomic E-state index is 0.801. The molecule has 0 spiro atoms. The highest BCUT2D eigenvalue weighted by Crippen LogP contribution is 2.34. The number of fused-ring (bicyclic) bond motifs is 1. The SMILES string of the molecule is CCC1CCCN1CC1CC2CCCCC2N1. The molecule has 0 aromatic heterocycles. The van der Waals surface area contributed by atoms with Crippen LogP contribution >= 0.6 is 0 Å². The molecule has 0 aromatic carbocycles. The Morgan fingerprint density at radius 2 is 2.00 bits per heavy atom. The molecule has 1 saturated carbocycles. The summed E-state index contributed by atoms with van der Waals surface area (Å²) in [6.45, 7) is 5.03. The van der Waals surface area contributed by atoms with Crippen molar-refractivity contribution in [2.45, 2.75) is 76.4 Å². The molecule has 1 N–H and O–H groups in total. The van der Waals surface area contributed by atoms with Crippen molar-refractivity contribution >= 4 is 0 Å². The van der Waals surface area contributed by atoms with Gasteiger partial charge in [-0.3, -0.25) is 4.90 Å². The van der Waals surface area contributed by atoms with Gasteiger partial charge in [0.25, 0.3) is 0 Å². The van der Waals surface area contributed by atoms with Crippen molar-refractivity contribution in [2.24, 2.45) is 5.92 Å². The molecular weight excluding hydrogens is 208 g/mol. The number of hydrogen-bond donors (Lipinski definition) is 1. The smallest absolute Gasteiger partial charge is 0.0201 e. The van der Waals surface area contributed by atoms with Gasteiger partial charge in [-0.25, -0.2) is 0 Å². The van der Waals surface area contributed by atoms with Crippen LogP contribution in [0.1, 0.15) is 58.3 Å². The lowest BCUT2D eigenvalue weighted by Gasteiger charge is -2.27. The fraction of sp³-hybridized carbons (Fsp3) is 1.00. The molecule has 4 atom stereocenters. The molecule has 0 amide bonds. The molecule has 2 saturated heterocycles. The second-order valence-electron chi connectivity index (χ2n) is 6.45. The molecule has 3 aliphatic rings. The van der Waals surface area contributed by atoms with Gasteiger partial charge < -0.3 is 5.32 Å². The first-order valence-electron chi connectivity index (χ1n) is 7.87. The Balaban J connectivity index is 1.52. The highest BCUT2D eigenvalue weighted by Gasteiger charge is 2.36. The first-order chi connectivity index (χ1) is 8.36. The Bertz CT molecular complexity index is 239. The number of nitrogens with zero attached hydrogens (tertiary/aromatic N) is 1. The fourth-order valence-corrected chi connectivity index (χ4v) is 4.45. The Hall–Kier alpha value is -0.0800. The average molecular weight is 236 g/mol. The van der Waals surface area contributed by atoms with Crippen molar-refractivity contribution < 1.29 is 0 Å². The van der Waals surface area contributed by atoms with Crippen molar-refractivity contribution in [3.63, 3.8) is 0 Å². The van der Waals surface area contributed by atoms with E-state index in [0.717, 1.165) is 24.0 Å². The molecule has 0 aromatic rings. The van der Waals surface area contributed by atoms with E-state index in [-0.39, 0.29) is 0 Å². The lowest BCUT2D eigenvalue weighted by atomic mass is 9.85. The predicted octanol–water partition coefficient (Wildman–Crippen LogP) is 2.78. The Morgan fingerprint density at radius 3 is 2.82 bits per heavy atom. The first kappa shape index (κ1) is 12.0. The van der Waals surface area contributed by atoms with Crippen molar-refractivity contribution in [2.75, 3.05) is 13.1 Å². The second-order valence-corrected chi connectivity index (χ2v) is 6.45. The van der Waals surface area contributed by atoms with E-state index in [4.69, 9.17) is 0 Å². The molecule has 17 heavy (non-hydrogen) atoms. The Kier molecular flexibility index (Phi) is 3.72. The summed E-state index contributed by atoms with van der Waals surface area (Å²) in [5, 5.41) is 3.92. The molecule has 2 nitrogen and oxygen atoms in total. The second kappa shape index (κ2) is 5.27. The quantitative estimate of drug-likeness (QED) is 0.810. The van der Waals surface area contributed by atoms with Gasteiger partial charge >= 0.3 is 0 Å².